The van der Waals surface area contributed by atoms with Crippen LogP contribution in [-0.4, -0.2) is 0 Å². The number of hydrogen-bond donors (Lipinski definition) is 1. The second kappa shape index (κ2) is 5.64. The first-order valence-electron chi connectivity index (χ1n) is 6.16. The second-order valence-electron chi connectivity index (χ2n) is 4.45. The topological polar surface area (TPSA) is 49.8 Å². The summed E-state index contributed by atoms with van der Waals surface area (Å²) >= 11 is 7.82. The molecule has 0 radical (unpaired) electrons. The Morgan fingerprint density at radius 3 is 2.79 bits per heavy atom. The van der Waals surface area contributed by atoms with E-state index in [-0.39, 0.29) is 0 Å². The van der Waals surface area contributed by atoms with Crippen molar-refractivity contribution in [3.63, 3.8) is 0 Å². The zero-order valence-electron chi connectivity index (χ0n) is 11.0. The average molecular weight is 291 g/mol. The van der Waals surface area contributed by atoms with Gasteiger partial charge in [0.1, 0.15) is 10.9 Å². The van der Waals surface area contributed by atoms with Gasteiger partial charge in [0.2, 0.25) is 0 Å². The highest BCUT2D eigenvalue weighted by Gasteiger charge is 2.18. The molecule has 19 heavy (non-hydrogen) atoms. The van der Waals surface area contributed by atoms with Crippen LogP contribution >= 0.6 is 22.9 Å². The van der Waals surface area contributed by atoms with Crippen LogP contribution in [0.25, 0.3) is 10.4 Å². The quantitative estimate of drug-likeness (QED) is 0.884. The molecule has 0 spiro atoms. The highest BCUT2D eigenvalue weighted by molar-refractivity contribution is 7.17. The number of nitrogen functional groups attached to an aromatic ring is 1. The molecule has 0 fully saturated rings. The van der Waals surface area contributed by atoms with Crippen LogP contribution < -0.4 is 5.73 Å². The molecule has 0 aliphatic carbocycles. The first kappa shape index (κ1) is 13.9. The second-order valence-corrected chi connectivity index (χ2v) is 5.85. The number of benzene rings is 1. The highest BCUT2D eigenvalue weighted by Crippen LogP contribution is 2.42. The van der Waals surface area contributed by atoms with Gasteiger partial charge in [0.25, 0.3) is 0 Å². The minimum Gasteiger partial charge on any atom is -0.397 e. The number of aryl methyl sites for hydroxylation is 1. The molecule has 0 bridgehead atoms. The molecule has 0 aliphatic rings. The Bertz CT molecular complexity index is 653. The Hall–Kier alpha value is -1.50. The Morgan fingerprint density at radius 1 is 1.42 bits per heavy atom. The summed E-state index contributed by atoms with van der Waals surface area (Å²) in [5.41, 5.74) is 9.75. The van der Waals surface area contributed by atoms with E-state index >= 15 is 0 Å². The lowest BCUT2D eigenvalue weighted by atomic mass is 10.0. The summed E-state index contributed by atoms with van der Waals surface area (Å²) in [7, 11) is 0. The molecule has 0 unspecified atom stereocenters. The Balaban J connectivity index is 2.68. The Labute approximate surface area is 122 Å². The summed E-state index contributed by atoms with van der Waals surface area (Å²) in [5, 5.41) is 9.88. The average Bonchev–Trinajstić information content (AvgIpc) is 2.71. The zero-order chi connectivity index (χ0) is 14.0. The molecule has 2 aromatic rings. The minimum atomic E-state index is 0.580. The summed E-state index contributed by atoms with van der Waals surface area (Å²) in [6, 6.07) is 8.12. The van der Waals surface area contributed by atoms with Gasteiger partial charge in [-0.2, -0.15) is 5.26 Å². The summed E-state index contributed by atoms with van der Waals surface area (Å²) in [6.45, 7) is 4.08. The van der Waals surface area contributed by atoms with Crippen molar-refractivity contribution < 1.29 is 0 Å². The van der Waals surface area contributed by atoms with Gasteiger partial charge < -0.3 is 5.73 Å². The van der Waals surface area contributed by atoms with E-state index in [0.717, 1.165) is 39.4 Å². The standard InChI is InChI=1S/C15H15ClN2S/c1-3-5-11-14(18)12(8-17)19-15(11)10-7-4-6-9(2)13(10)16/h4,6-7H,3,5,18H2,1-2H3. The molecule has 1 aromatic carbocycles. The van der Waals surface area contributed by atoms with E-state index in [0.29, 0.717) is 10.6 Å². The number of halogens is 1. The molecule has 98 valence electrons. The number of nitrogens with zero attached hydrogens (tertiary/aromatic N) is 1. The maximum absolute atomic E-state index is 9.14. The van der Waals surface area contributed by atoms with Crippen molar-refractivity contribution in [1.82, 2.24) is 0 Å². The first-order valence-corrected chi connectivity index (χ1v) is 7.36. The molecule has 0 aliphatic heterocycles. The van der Waals surface area contributed by atoms with Crippen LogP contribution in [0.15, 0.2) is 18.2 Å². The summed E-state index contributed by atoms with van der Waals surface area (Å²) in [4.78, 5) is 1.61. The summed E-state index contributed by atoms with van der Waals surface area (Å²) < 4.78 is 0. The van der Waals surface area contributed by atoms with E-state index in [1.54, 1.807) is 0 Å². The molecule has 0 saturated carbocycles. The maximum atomic E-state index is 9.14. The van der Waals surface area contributed by atoms with Gasteiger partial charge in [0.05, 0.1) is 10.7 Å². The minimum absolute atomic E-state index is 0.580. The van der Waals surface area contributed by atoms with Gasteiger partial charge in [-0.05, 0) is 24.5 Å². The SMILES string of the molecule is CCCc1c(-c2cccc(C)c2Cl)sc(C#N)c1N. The lowest BCUT2D eigenvalue weighted by Crippen LogP contribution is -1.93. The van der Waals surface area contributed by atoms with E-state index in [4.69, 9.17) is 22.6 Å². The lowest BCUT2D eigenvalue weighted by molar-refractivity contribution is 0.930. The van der Waals surface area contributed by atoms with E-state index in [1.807, 2.05) is 25.1 Å². The molecule has 2 N–H and O–H groups in total. The van der Waals surface area contributed by atoms with Gasteiger partial charge in [-0.25, -0.2) is 0 Å². The van der Waals surface area contributed by atoms with Crippen molar-refractivity contribution in [1.29, 1.82) is 5.26 Å². The van der Waals surface area contributed by atoms with Crippen molar-refractivity contribution in [3.05, 3.63) is 39.2 Å². The van der Waals surface area contributed by atoms with Gasteiger partial charge in [-0.1, -0.05) is 43.1 Å². The molecular weight excluding hydrogens is 276 g/mol. The van der Waals surface area contributed by atoms with Crippen molar-refractivity contribution in [3.8, 4) is 16.5 Å². The number of nitrogens with two attached hydrogens (primary N) is 1. The molecule has 4 heteroatoms. The normalized spacial score (nSPS) is 10.4. The molecule has 2 nitrogen and oxygen atoms in total. The van der Waals surface area contributed by atoms with Gasteiger partial charge in [-0.15, -0.1) is 11.3 Å². The smallest absolute Gasteiger partial charge is 0.128 e. The molecule has 0 atom stereocenters. The fraction of sp³-hybridized carbons (Fsp3) is 0.267. The molecule has 2 rings (SSSR count). The van der Waals surface area contributed by atoms with Crippen LogP contribution in [0.1, 0.15) is 29.3 Å². The van der Waals surface area contributed by atoms with Crippen LogP contribution in [-0.2, 0) is 6.42 Å². The largest absolute Gasteiger partial charge is 0.397 e. The predicted molar refractivity (Wildman–Crippen MR) is 82.6 cm³/mol. The zero-order valence-corrected chi connectivity index (χ0v) is 12.5. The van der Waals surface area contributed by atoms with E-state index in [2.05, 4.69) is 13.0 Å². The van der Waals surface area contributed by atoms with Crippen LogP contribution in [0.5, 0.6) is 0 Å². The van der Waals surface area contributed by atoms with Gasteiger partial charge in [0, 0.05) is 10.4 Å². The molecular formula is C15H15ClN2S. The number of nitriles is 1. The van der Waals surface area contributed by atoms with E-state index in [1.165, 1.54) is 11.3 Å². The van der Waals surface area contributed by atoms with Crippen molar-refractivity contribution in [2.75, 3.05) is 5.73 Å². The Kier molecular flexibility index (Phi) is 4.14. The monoisotopic (exact) mass is 290 g/mol. The molecule has 1 heterocycles. The molecule has 0 amide bonds. The van der Waals surface area contributed by atoms with Crippen LogP contribution in [0.4, 0.5) is 5.69 Å². The number of thiophene rings is 1. The lowest BCUT2D eigenvalue weighted by Gasteiger charge is -2.08. The third-order valence-electron chi connectivity index (χ3n) is 3.09. The van der Waals surface area contributed by atoms with Crippen molar-refractivity contribution in [2.45, 2.75) is 26.7 Å². The highest BCUT2D eigenvalue weighted by atomic mass is 35.5. The fourth-order valence-electron chi connectivity index (χ4n) is 2.10. The number of hydrogen-bond acceptors (Lipinski definition) is 3. The van der Waals surface area contributed by atoms with Crippen molar-refractivity contribution >= 4 is 28.6 Å². The summed E-state index contributed by atoms with van der Waals surface area (Å²) in [6.07, 6.45) is 1.85. The number of rotatable bonds is 3. The third-order valence-corrected chi connectivity index (χ3v) is 4.77. The molecule has 0 saturated heterocycles. The fourth-order valence-corrected chi connectivity index (χ4v) is 3.47. The maximum Gasteiger partial charge on any atom is 0.128 e. The Morgan fingerprint density at radius 2 is 2.16 bits per heavy atom. The van der Waals surface area contributed by atoms with Gasteiger partial charge >= 0.3 is 0 Å². The van der Waals surface area contributed by atoms with Crippen LogP contribution in [0.2, 0.25) is 5.02 Å². The van der Waals surface area contributed by atoms with Crippen LogP contribution in [0.3, 0.4) is 0 Å². The summed E-state index contributed by atoms with van der Waals surface area (Å²) in [5.74, 6) is 0. The predicted octanol–water partition coefficient (Wildman–Crippen LogP) is 4.78. The first-order chi connectivity index (χ1) is 9.10. The van der Waals surface area contributed by atoms with Crippen molar-refractivity contribution in [2.24, 2.45) is 0 Å². The van der Waals surface area contributed by atoms with Crippen LogP contribution in [0, 0.1) is 18.3 Å². The van der Waals surface area contributed by atoms with Gasteiger partial charge in [-0.3, -0.25) is 0 Å². The van der Waals surface area contributed by atoms with Gasteiger partial charge in [0.15, 0.2) is 0 Å². The van der Waals surface area contributed by atoms with E-state index in [9.17, 15) is 0 Å². The molecule has 1 aromatic heterocycles. The third kappa shape index (κ3) is 2.47. The van der Waals surface area contributed by atoms with E-state index < -0.39 is 0 Å². The number of anilines is 1.